The third kappa shape index (κ3) is 7.32. The highest BCUT2D eigenvalue weighted by atomic mass is 35.5. The average molecular weight is 633 g/mol. The minimum absolute atomic E-state index is 0.0168. The Kier molecular flexibility index (Phi) is 10.4. The Bertz CT molecular complexity index is 1460. The monoisotopic (exact) mass is 632 g/mol. The Morgan fingerprint density at radius 1 is 1.00 bits per heavy atom. The highest BCUT2D eigenvalue weighted by Gasteiger charge is 2.41. The number of benzene rings is 3. The lowest BCUT2D eigenvalue weighted by atomic mass is 9.82. The quantitative estimate of drug-likeness (QED) is 0.287. The number of nitrogens with one attached hydrogen (secondary N) is 3. The molecule has 1 fully saturated rings. The number of hydrogen-bond donors (Lipinski definition) is 3. The number of amides is 3. The standard InChI is InChI=1S/C35H41ClN4O5/c1-23(38-34(43)45-20-30-28-11-6-4-9-26(28)27-10-5-7-12-29(27)30)32(41)39-31(21-44-3)33(42)40(2)35(17-8-18-37-22-35)19-24-13-15-25(36)16-14-24/h4-7,9-16,23,30-31,37H,8,17-22H2,1-3H3,(H,38,43)(H,39,41)/t23-,31-,35+/m0/s1. The lowest BCUT2D eigenvalue weighted by molar-refractivity contribution is -0.142. The van der Waals surface area contributed by atoms with Crippen molar-refractivity contribution in [2.75, 3.05) is 40.5 Å². The number of alkyl carbamates (subject to hydrolysis) is 1. The summed E-state index contributed by atoms with van der Waals surface area (Å²) in [7, 11) is 3.26. The number of rotatable bonds is 11. The van der Waals surface area contributed by atoms with Crippen LogP contribution in [0.4, 0.5) is 4.79 Å². The van der Waals surface area contributed by atoms with Crippen LogP contribution in [-0.4, -0.2) is 80.9 Å². The first-order chi connectivity index (χ1) is 21.7. The van der Waals surface area contributed by atoms with E-state index in [0.29, 0.717) is 18.0 Å². The predicted octanol–water partition coefficient (Wildman–Crippen LogP) is 4.52. The lowest BCUT2D eigenvalue weighted by Crippen LogP contribution is -2.64. The minimum atomic E-state index is -0.947. The third-order valence-electron chi connectivity index (χ3n) is 8.96. The van der Waals surface area contributed by atoms with Crippen molar-refractivity contribution >= 4 is 29.5 Å². The van der Waals surface area contributed by atoms with Crippen molar-refractivity contribution in [3.63, 3.8) is 0 Å². The zero-order valence-electron chi connectivity index (χ0n) is 26.0. The Labute approximate surface area is 269 Å². The van der Waals surface area contributed by atoms with Crippen LogP contribution >= 0.6 is 11.6 Å². The summed E-state index contributed by atoms with van der Waals surface area (Å²) < 4.78 is 10.9. The van der Waals surface area contributed by atoms with Crippen molar-refractivity contribution in [3.05, 3.63) is 94.5 Å². The number of nitrogens with zero attached hydrogens (tertiary/aromatic N) is 1. The summed E-state index contributed by atoms with van der Waals surface area (Å²) >= 11 is 6.10. The highest BCUT2D eigenvalue weighted by Crippen LogP contribution is 2.44. The summed E-state index contributed by atoms with van der Waals surface area (Å²) in [6.45, 7) is 3.17. The third-order valence-corrected chi connectivity index (χ3v) is 9.21. The van der Waals surface area contributed by atoms with Crippen molar-refractivity contribution in [2.45, 2.75) is 49.7 Å². The van der Waals surface area contributed by atoms with Gasteiger partial charge in [0, 0.05) is 31.6 Å². The van der Waals surface area contributed by atoms with Gasteiger partial charge in [0.05, 0.1) is 12.1 Å². The molecule has 1 aliphatic heterocycles. The molecule has 3 aromatic carbocycles. The molecule has 0 unspecified atom stereocenters. The molecule has 3 N–H and O–H groups in total. The molecule has 10 heteroatoms. The van der Waals surface area contributed by atoms with Gasteiger partial charge in [-0.1, -0.05) is 72.3 Å². The average Bonchev–Trinajstić information content (AvgIpc) is 3.37. The first kappa shape index (κ1) is 32.5. The van der Waals surface area contributed by atoms with Crippen molar-refractivity contribution in [2.24, 2.45) is 0 Å². The molecule has 0 saturated carbocycles. The van der Waals surface area contributed by atoms with E-state index in [2.05, 4.69) is 28.1 Å². The normalized spacial score (nSPS) is 18.7. The zero-order chi connectivity index (χ0) is 32.0. The van der Waals surface area contributed by atoms with E-state index < -0.39 is 29.6 Å². The largest absolute Gasteiger partial charge is 0.449 e. The van der Waals surface area contributed by atoms with Crippen LogP contribution in [0.1, 0.15) is 42.4 Å². The zero-order valence-corrected chi connectivity index (χ0v) is 26.7. The Balaban J connectivity index is 1.20. The van der Waals surface area contributed by atoms with E-state index in [-0.39, 0.29) is 25.0 Å². The number of halogens is 1. The first-order valence-electron chi connectivity index (χ1n) is 15.4. The Hall–Kier alpha value is -3.92. The fourth-order valence-corrected chi connectivity index (χ4v) is 6.60. The molecule has 45 heavy (non-hydrogen) atoms. The molecule has 3 amide bonds. The molecule has 0 aromatic heterocycles. The van der Waals surface area contributed by atoms with E-state index in [1.54, 1.807) is 18.9 Å². The maximum absolute atomic E-state index is 13.9. The smallest absolute Gasteiger partial charge is 0.407 e. The number of methoxy groups -OCH3 is 1. The molecule has 5 rings (SSSR count). The van der Waals surface area contributed by atoms with Gasteiger partial charge in [-0.2, -0.15) is 0 Å². The van der Waals surface area contributed by atoms with Gasteiger partial charge in [0.15, 0.2) is 0 Å². The summed E-state index contributed by atoms with van der Waals surface area (Å²) in [5.41, 5.74) is 5.04. The van der Waals surface area contributed by atoms with Crippen molar-refractivity contribution in [1.82, 2.24) is 20.9 Å². The molecule has 238 valence electrons. The van der Waals surface area contributed by atoms with Gasteiger partial charge >= 0.3 is 6.09 Å². The fraction of sp³-hybridized carbons (Fsp3) is 0.400. The SMILES string of the molecule is COC[C@H](NC(=O)[C@H](C)NC(=O)OCC1c2ccccc2-c2ccccc21)C(=O)N(C)[C@@]1(Cc2ccc(Cl)cc2)CCCNC1. The molecule has 0 bridgehead atoms. The van der Waals surface area contributed by atoms with Crippen molar-refractivity contribution in [1.29, 1.82) is 0 Å². The second-order valence-corrected chi connectivity index (χ2v) is 12.3. The van der Waals surface area contributed by atoms with Crippen LogP contribution in [0, 0.1) is 0 Å². The summed E-state index contributed by atoms with van der Waals surface area (Å²) in [5.74, 6) is -0.877. The van der Waals surface area contributed by atoms with E-state index >= 15 is 0 Å². The van der Waals surface area contributed by atoms with Crippen molar-refractivity contribution in [3.8, 4) is 11.1 Å². The van der Waals surface area contributed by atoms with Gasteiger partial charge in [-0.05, 0) is 72.7 Å². The van der Waals surface area contributed by atoms with Gasteiger partial charge in [0.1, 0.15) is 18.7 Å². The van der Waals surface area contributed by atoms with Crippen molar-refractivity contribution < 1.29 is 23.9 Å². The molecular weight excluding hydrogens is 592 g/mol. The first-order valence-corrected chi connectivity index (χ1v) is 15.7. The number of piperidine rings is 1. The van der Waals surface area contributed by atoms with Crippen LogP contribution < -0.4 is 16.0 Å². The van der Waals surface area contributed by atoms with Crippen LogP contribution in [0.3, 0.4) is 0 Å². The van der Waals surface area contributed by atoms with Gasteiger partial charge in [-0.25, -0.2) is 4.79 Å². The molecule has 1 heterocycles. The Morgan fingerprint density at radius 3 is 2.24 bits per heavy atom. The topological polar surface area (TPSA) is 109 Å². The number of carbonyl (C=O) groups is 3. The highest BCUT2D eigenvalue weighted by molar-refractivity contribution is 6.30. The maximum Gasteiger partial charge on any atom is 0.407 e. The van der Waals surface area contributed by atoms with Gasteiger partial charge in [0.2, 0.25) is 11.8 Å². The molecule has 1 saturated heterocycles. The summed E-state index contributed by atoms with van der Waals surface area (Å²) in [4.78, 5) is 41.7. The van der Waals surface area contributed by atoms with E-state index in [1.165, 1.54) is 7.11 Å². The molecular formula is C35H41ClN4O5. The van der Waals surface area contributed by atoms with Crippen LogP contribution in [0.5, 0.6) is 0 Å². The minimum Gasteiger partial charge on any atom is -0.449 e. The lowest BCUT2D eigenvalue weighted by Gasteiger charge is -2.46. The second kappa shape index (κ2) is 14.5. The predicted molar refractivity (Wildman–Crippen MR) is 174 cm³/mol. The van der Waals surface area contributed by atoms with E-state index in [9.17, 15) is 14.4 Å². The van der Waals surface area contributed by atoms with Gasteiger partial charge in [-0.15, -0.1) is 0 Å². The van der Waals surface area contributed by atoms with E-state index in [1.807, 2.05) is 60.7 Å². The molecule has 1 aliphatic carbocycles. The number of fused-ring (bicyclic) bond motifs is 3. The Morgan fingerprint density at radius 2 is 1.64 bits per heavy atom. The number of ether oxygens (including phenoxy) is 2. The van der Waals surface area contributed by atoms with E-state index in [4.69, 9.17) is 21.1 Å². The van der Waals surface area contributed by atoms with Crippen LogP contribution in [0.25, 0.3) is 11.1 Å². The molecule has 3 aromatic rings. The number of likely N-dealkylation sites (N-methyl/N-ethyl adjacent to an activating group) is 1. The molecule has 9 nitrogen and oxygen atoms in total. The van der Waals surface area contributed by atoms with Gasteiger partial charge < -0.3 is 30.3 Å². The molecule has 2 aliphatic rings. The number of hydrogen-bond acceptors (Lipinski definition) is 6. The summed E-state index contributed by atoms with van der Waals surface area (Å²) in [5, 5.41) is 9.50. The van der Waals surface area contributed by atoms with Gasteiger partial charge in [0.25, 0.3) is 0 Å². The fourth-order valence-electron chi connectivity index (χ4n) is 6.48. The second-order valence-electron chi connectivity index (χ2n) is 11.9. The number of carbonyl (C=O) groups excluding carboxylic acids is 3. The molecule has 0 radical (unpaired) electrons. The van der Waals surface area contributed by atoms with Crippen LogP contribution in [-0.2, 0) is 25.5 Å². The van der Waals surface area contributed by atoms with Gasteiger partial charge in [-0.3, -0.25) is 9.59 Å². The molecule has 0 spiro atoms. The van der Waals surface area contributed by atoms with E-state index in [0.717, 1.165) is 47.2 Å². The van der Waals surface area contributed by atoms with Crippen LogP contribution in [0.15, 0.2) is 72.8 Å². The molecule has 3 atom stereocenters. The maximum atomic E-state index is 13.9. The summed E-state index contributed by atoms with van der Waals surface area (Å²) in [6, 6.07) is 21.9. The summed E-state index contributed by atoms with van der Waals surface area (Å²) in [6.07, 6.45) is 1.64. The van der Waals surface area contributed by atoms with Crippen LogP contribution in [0.2, 0.25) is 5.02 Å².